The van der Waals surface area contributed by atoms with E-state index in [2.05, 4.69) is 11.4 Å². The molecule has 0 aromatic heterocycles. The maximum Gasteiger partial charge on any atom is 0.257 e. The number of nitriles is 1. The van der Waals surface area contributed by atoms with E-state index >= 15 is 0 Å². The average molecular weight is 392 g/mol. The minimum Gasteiger partial charge on any atom is -0.322 e. The van der Waals surface area contributed by atoms with E-state index in [-0.39, 0.29) is 10.6 Å². The van der Waals surface area contributed by atoms with Crippen LogP contribution < -0.4 is 9.62 Å². The van der Waals surface area contributed by atoms with Crippen LogP contribution in [0.1, 0.15) is 27.9 Å². The first-order valence-electron chi connectivity index (χ1n) is 7.96. The average Bonchev–Trinajstić information content (AvgIpc) is 2.94. The lowest BCUT2D eigenvalue weighted by molar-refractivity contribution is 0.102. The van der Waals surface area contributed by atoms with Gasteiger partial charge in [-0.1, -0.05) is 11.6 Å². The number of halogens is 1. The van der Waals surface area contributed by atoms with Crippen LogP contribution in [-0.2, 0) is 0 Å². The fourth-order valence-corrected chi connectivity index (χ4v) is 4.73. The Kier molecular flexibility index (Phi) is 5.12. The lowest BCUT2D eigenvalue weighted by Crippen LogP contribution is -2.22. The van der Waals surface area contributed by atoms with Crippen molar-refractivity contribution in [3.8, 4) is 6.07 Å². The summed E-state index contributed by atoms with van der Waals surface area (Å²) in [7, 11) is -2.85. The third-order valence-corrected chi connectivity index (χ3v) is 6.34. The van der Waals surface area contributed by atoms with Crippen LogP contribution in [0.3, 0.4) is 0 Å². The molecule has 3 N–H and O–H groups in total. The topological polar surface area (TPSA) is 96.6 Å². The second-order valence-corrected chi connectivity index (χ2v) is 8.63. The smallest absolute Gasteiger partial charge is 0.257 e. The van der Waals surface area contributed by atoms with Gasteiger partial charge in [0, 0.05) is 12.2 Å². The molecule has 0 saturated carbocycles. The van der Waals surface area contributed by atoms with Crippen LogP contribution in [0.2, 0.25) is 5.02 Å². The molecule has 3 rings (SSSR count). The first-order chi connectivity index (χ1) is 12.3. The largest absolute Gasteiger partial charge is 0.322 e. The van der Waals surface area contributed by atoms with Gasteiger partial charge in [-0.3, -0.25) is 18.2 Å². The van der Waals surface area contributed by atoms with Crippen LogP contribution in [-0.4, -0.2) is 27.3 Å². The molecule has 0 bridgehead atoms. The van der Waals surface area contributed by atoms with Gasteiger partial charge in [-0.25, -0.2) is 0 Å². The second kappa shape index (κ2) is 7.17. The lowest BCUT2D eigenvalue weighted by Gasteiger charge is -2.38. The quantitative estimate of drug-likeness (QED) is 0.707. The van der Waals surface area contributed by atoms with Gasteiger partial charge in [-0.15, -0.1) is 10.8 Å². The number of aryl methyl sites for hydroxylation is 1. The number of amides is 1. The van der Waals surface area contributed by atoms with Crippen molar-refractivity contribution in [1.29, 1.82) is 5.26 Å². The molecule has 6 nitrogen and oxygen atoms in total. The molecule has 2 aromatic rings. The minimum absolute atomic E-state index is 0.228. The van der Waals surface area contributed by atoms with Crippen molar-refractivity contribution < 1.29 is 13.9 Å². The number of nitrogens with one attached hydrogen (secondary N) is 1. The van der Waals surface area contributed by atoms with Crippen LogP contribution in [0, 0.1) is 18.3 Å². The van der Waals surface area contributed by atoms with E-state index in [1.165, 1.54) is 4.31 Å². The van der Waals surface area contributed by atoms with E-state index in [0.717, 1.165) is 5.56 Å². The molecule has 136 valence electrons. The third kappa shape index (κ3) is 3.79. The Balaban J connectivity index is 1.89. The summed E-state index contributed by atoms with van der Waals surface area (Å²) in [6.45, 7) is 2.34. The predicted octanol–water partition coefficient (Wildman–Crippen LogP) is 4.65. The highest BCUT2D eigenvalue weighted by atomic mass is 35.5. The number of benzene rings is 2. The first kappa shape index (κ1) is 18.5. The van der Waals surface area contributed by atoms with Crippen molar-refractivity contribution in [2.45, 2.75) is 13.3 Å². The van der Waals surface area contributed by atoms with E-state index in [1.807, 2.05) is 6.92 Å². The van der Waals surface area contributed by atoms with Crippen LogP contribution in [0.15, 0.2) is 36.4 Å². The maximum atomic E-state index is 12.7. The molecule has 0 spiro atoms. The summed E-state index contributed by atoms with van der Waals surface area (Å²) in [5.41, 5.74) is 2.57. The molecule has 0 unspecified atom stereocenters. The Hall–Kier alpha value is -2.24. The fourth-order valence-electron chi connectivity index (χ4n) is 2.92. The Morgan fingerprint density at radius 3 is 2.73 bits per heavy atom. The van der Waals surface area contributed by atoms with E-state index in [4.69, 9.17) is 16.9 Å². The lowest BCUT2D eigenvalue weighted by atomic mass is 10.1. The number of carbonyl (C=O) groups is 1. The summed E-state index contributed by atoms with van der Waals surface area (Å²) in [6, 6.07) is 11.9. The molecule has 1 aliphatic rings. The predicted molar refractivity (Wildman–Crippen MR) is 105 cm³/mol. The zero-order valence-electron chi connectivity index (χ0n) is 14.1. The second-order valence-electron chi connectivity index (χ2n) is 6.11. The van der Waals surface area contributed by atoms with E-state index in [9.17, 15) is 13.9 Å². The highest BCUT2D eigenvalue weighted by molar-refractivity contribution is 8.25. The fraction of sp³-hybridized carbons (Fsp3) is 0.222. The molecule has 8 heteroatoms. The van der Waals surface area contributed by atoms with E-state index < -0.39 is 16.7 Å². The number of rotatable bonds is 3. The first-order valence-corrected chi connectivity index (χ1v) is 10.0. The molecule has 1 aliphatic heterocycles. The van der Waals surface area contributed by atoms with Gasteiger partial charge >= 0.3 is 0 Å². The van der Waals surface area contributed by atoms with Gasteiger partial charge < -0.3 is 5.32 Å². The van der Waals surface area contributed by atoms with Crippen molar-refractivity contribution in [3.05, 3.63) is 58.1 Å². The summed E-state index contributed by atoms with van der Waals surface area (Å²) in [6.07, 6.45) is 0.673. The Morgan fingerprint density at radius 1 is 1.31 bits per heavy atom. The molecule has 1 amide bonds. The molecular formula is C18H18ClN3O3S. The van der Waals surface area contributed by atoms with Crippen LogP contribution >= 0.6 is 22.4 Å². The van der Waals surface area contributed by atoms with E-state index in [1.54, 1.807) is 36.4 Å². The molecule has 0 radical (unpaired) electrons. The summed E-state index contributed by atoms with van der Waals surface area (Å²) >= 11 is 6.18. The summed E-state index contributed by atoms with van der Waals surface area (Å²) < 4.78 is 21.8. The third-order valence-electron chi connectivity index (χ3n) is 4.08. The highest BCUT2D eigenvalue weighted by Gasteiger charge is 2.29. The van der Waals surface area contributed by atoms with Gasteiger partial charge in [0.15, 0.2) is 0 Å². The Bertz CT molecular complexity index is 911. The standard InChI is InChI=1S/C18H18ClN3O3S/c1-12-7-13(11-20)9-14(8-12)21-18(23)16-10-15(3-4-17(16)19)22-5-2-6-26(22,24)25/h3-4,7-10,24-25H,2,5-6H2,1H3,(H,21,23). The SMILES string of the molecule is Cc1cc(C#N)cc(NC(=O)c2cc(N3CCCS3(O)O)ccc2Cl)c1. The summed E-state index contributed by atoms with van der Waals surface area (Å²) in [5, 5.41) is 12.1. The van der Waals surface area contributed by atoms with Gasteiger partial charge in [0.2, 0.25) is 0 Å². The molecule has 1 saturated heterocycles. The van der Waals surface area contributed by atoms with Gasteiger partial charge in [0.1, 0.15) is 0 Å². The molecule has 0 atom stereocenters. The van der Waals surface area contributed by atoms with Crippen LogP contribution in [0.25, 0.3) is 0 Å². The molecule has 1 heterocycles. The van der Waals surface area contributed by atoms with Crippen molar-refractivity contribution in [3.63, 3.8) is 0 Å². The van der Waals surface area contributed by atoms with Gasteiger partial charge in [0.25, 0.3) is 5.91 Å². The van der Waals surface area contributed by atoms with Gasteiger partial charge in [-0.2, -0.15) is 5.26 Å². The van der Waals surface area contributed by atoms with Crippen molar-refractivity contribution in [2.24, 2.45) is 0 Å². The summed E-state index contributed by atoms with van der Waals surface area (Å²) in [5.74, 6) is -0.112. The zero-order chi connectivity index (χ0) is 18.9. The Morgan fingerprint density at radius 2 is 2.08 bits per heavy atom. The minimum atomic E-state index is -2.85. The van der Waals surface area contributed by atoms with Gasteiger partial charge in [0.05, 0.1) is 33.7 Å². The number of carbonyl (C=O) groups excluding carboxylic acids is 1. The van der Waals surface area contributed by atoms with Crippen LogP contribution in [0.4, 0.5) is 11.4 Å². The van der Waals surface area contributed by atoms with Crippen LogP contribution in [0.5, 0.6) is 0 Å². The zero-order valence-corrected chi connectivity index (χ0v) is 15.6. The van der Waals surface area contributed by atoms with Crippen molar-refractivity contribution in [2.75, 3.05) is 21.9 Å². The van der Waals surface area contributed by atoms with Crippen molar-refractivity contribution >= 4 is 39.7 Å². The summed E-state index contributed by atoms with van der Waals surface area (Å²) in [4.78, 5) is 12.7. The number of nitrogens with zero attached hydrogens (tertiary/aromatic N) is 2. The maximum absolute atomic E-state index is 12.7. The van der Waals surface area contributed by atoms with Gasteiger partial charge in [-0.05, 0) is 55.3 Å². The molecule has 26 heavy (non-hydrogen) atoms. The Labute approximate surface area is 158 Å². The normalized spacial score (nSPS) is 16.8. The molecular weight excluding hydrogens is 374 g/mol. The highest BCUT2D eigenvalue weighted by Crippen LogP contribution is 2.51. The monoisotopic (exact) mass is 391 g/mol. The number of hydrogen-bond acceptors (Lipinski definition) is 5. The molecule has 0 aliphatic carbocycles. The van der Waals surface area contributed by atoms with E-state index in [0.29, 0.717) is 35.7 Å². The number of anilines is 2. The molecule has 1 fully saturated rings. The molecule has 2 aromatic carbocycles. The number of hydrogen-bond donors (Lipinski definition) is 3. The van der Waals surface area contributed by atoms with Crippen molar-refractivity contribution in [1.82, 2.24) is 0 Å².